The first-order chi connectivity index (χ1) is 11.3. The molecule has 2 rings (SSSR count). The van der Waals surface area contributed by atoms with Gasteiger partial charge in [0.05, 0.1) is 4.92 Å². The molecule has 0 radical (unpaired) electrons. The lowest BCUT2D eigenvalue weighted by Gasteiger charge is -2.22. The summed E-state index contributed by atoms with van der Waals surface area (Å²) in [5, 5.41) is 19.8. The molecule has 0 saturated carbocycles. The second-order valence-corrected chi connectivity index (χ2v) is 5.95. The molecule has 1 saturated heterocycles. The number of rotatable bonds is 5. The van der Waals surface area contributed by atoms with E-state index in [1.807, 2.05) is 0 Å². The van der Waals surface area contributed by atoms with Gasteiger partial charge in [0.2, 0.25) is 0 Å². The van der Waals surface area contributed by atoms with Gasteiger partial charge in [0.25, 0.3) is 5.69 Å². The Bertz CT molecular complexity index is 675. The van der Waals surface area contributed by atoms with Gasteiger partial charge in [-0.2, -0.15) is 0 Å². The molecule has 0 bridgehead atoms. The van der Waals surface area contributed by atoms with Gasteiger partial charge in [0.15, 0.2) is 5.05 Å². The van der Waals surface area contributed by atoms with Crippen molar-refractivity contribution in [3.63, 3.8) is 0 Å². The van der Waals surface area contributed by atoms with Crippen LogP contribution in [0.2, 0.25) is 0 Å². The lowest BCUT2D eigenvalue weighted by molar-refractivity contribution is -0.384. The van der Waals surface area contributed by atoms with Gasteiger partial charge in [-0.05, 0) is 43.3 Å². The van der Waals surface area contributed by atoms with Crippen LogP contribution in [0.3, 0.4) is 0 Å². The number of hydrogen-bond acceptors (Lipinski definition) is 6. The van der Waals surface area contributed by atoms with E-state index in [1.165, 1.54) is 36.1 Å². The summed E-state index contributed by atoms with van der Waals surface area (Å²) < 4.78 is 5.16. The minimum absolute atomic E-state index is 0.0559. The predicted molar refractivity (Wildman–Crippen MR) is 87.8 cm³/mol. The van der Waals surface area contributed by atoms with Crippen LogP contribution in [0.5, 0.6) is 0 Å². The van der Waals surface area contributed by atoms with Gasteiger partial charge < -0.3 is 9.84 Å². The maximum Gasteiger partial charge on any atom is 0.410 e. The van der Waals surface area contributed by atoms with E-state index in [1.54, 1.807) is 0 Å². The number of carbonyl (C=O) groups excluding carboxylic acids is 2. The molecule has 1 aromatic rings. The van der Waals surface area contributed by atoms with Gasteiger partial charge in [-0.1, -0.05) is 0 Å². The summed E-state index contributed by atoms with van der Waals surface area (Å²) >= 11 is 4.74. The van der Waals surface area contributed by atoms with Crippen LogP contribution in [-0.4, -0.2) is 44.4 Å². The number of benzene rings is 1. The summed E-state index contributed by atoms with van der Waals surface area (Å²) in [5.74, 6) is -0.464. The molecule has 8 nitrogen and oxygen atoms in total. The Hall–Kier alpha value is -2.55. The van der Waals surface area contributed by atoms with Gasteiger partial charge >= 0.3 is 6.09 Å². The first kappa shape index (κ1) is 17.8. The average molecular weight is 352 g/mol. The summed E-state index contributed by atoms with van der Waals surface area (Å²) in [4.78, 5) is 35.0. The third-order valence-corrected chi connectivity index (χ3v) is 4.18. The number of hydrogen-bond donors (Lipinski definition) is 1. The highest BCUT2D eigenvalue weighted by Crippen LogP contribution is 2.26. The summed E-state index contributed by atoms with van der Waals surface area (Å²) in [7, 11) is 0. The molecule has 1 heterocycles. The Morgan fingerprint density at radius 3 is 2.54 bits per heavy atom. The third-order valence-electron chi connectivity index (χ3n) is 3.91. The summed E-state index contributed by atoms with van der Waals surface area (Å²) in [6.07, 6.45) is -0.421. The van der Waals surface area contributed by atoms with E-state index < -0.39 is 17.1 Å². The molecular weight excluding hydrogens is 336 g/mol. The monoisotopic (exact) mass is 352 g/mol. The summed E-state index contributed by atoms with van der Waals surface area (Å²) in [6.45, 7) is 1.48. The Balaban J connectivity index is 1.99. The van der Waals surface area contributed by atoms with Gasteiger partial charge in [0.1, 0.15) is 18.4 Å². The minimum Gasteiger partial charge on any atom is -0.500 e. The molecule has 9 heteroatoms. The quantitative estimate of drug-likeness (QED) is 0.492. The lowest BCUT2D eigenvalue weighted by atomic mass is 10.0. The third kappa shape index (κ3) is 4.05. The zero-order chi connectivity index (χ0) is 17.9. The van der Waals surface area contributed by atoms with Gasteiger partial charge in [-0.15, -0.1) is 0 Å². The fourth-order valence-corrected chi connectivity index (χ4v) is 2.73. The zero-order valence-corrected chi connectivity index (χ0v) is 13.7. The summed E-state index contributed by atoms with van der Waals surface area (Å²) in [5.41, 5.74) is 0.527. The van der Waals surface area contributed by atoms with E-state index in [9.17, 15) is 24.8 Å². The predicted octanol–water partition coefficient (Wildman–Crippen LogP) is 2.40. The topological polar surface area (TPSA) is 110 Å². The average Bonchev–Trinajstić information content (AvgIpc) is 2.99. The molecule has 1 aromatic carbocycles. The number of thiocarbonyl (C=S) groups is 1. The molecule has 0 spiro atoms. The molecule has 24 heavy (non-hydrogen) atoms. The highest BCUT2D eigenvalue weighted by molar-refractivity contribution is 7.80. The number of likely N-dealkylation sites (tertiary alicyclic amines) is 1. The molecule has 1 amide bonds. The molecule has 1 fully saturated rings. The zero-order valence-electron chi connectivity index (χ0n) is 12.9. The smallest absolute Gasteiger partial charge is 0.410 e. The van der Waals surface area contributed by atoms with Crippen molar-refractivity contribution in [3.05, 3.63) is 39.9 Å². The van der Waals surface area contributed by atoms with Crippen LogP contribution < -0.4 is 0 Å². The highest BCUT2D eigenvalue weighted by atomic mass is 32.1. The lowest BCUT2D eigenvalue weighted by Crippen LogP contribution is -2.40. The number of amides is 1. The Morgan fingerprint density at radius 1 is 1.42 bits per heavy atom. The van der Waals surface area contributed by atoms with Crippen molar-refractivity contribution < 1.29 is 24.4 Å². The molecule has 1 N–H and O–H groups in total. The van der Waals surface area contributed by atoms with Crippen molar-refractivity contribution in [2.75, 3.05) is 6.54 Å². The molecule has 128 valence electrons. The van der Waals surface area contributed by atoms with Crippen molar-refractivity contribution in [3.8, 4) is 0 Å². The van der Waals surface area contributed by atoms with Gasteiger partial charge in [-0.25, -0.2) is 4.79 Å². The maximum absolute atomic E-state index is 12.2. The fraction of sp³-hybridized carbons (Fsp3) is 0.400. The molecular formula is C15H16N2O6S. The number of nitro groups is 1. The van der Waals surface area contributed by atoms with Crippen LogP contribution in [0.4, 0.5) is 10.5 Å². The molecule has 1 aliphatic rings. The number of nitrogens with zero attached hydrogens (tertiary/aromatic N) is 2. The van der Waals surface area contributed by atoms with E-state index in [4.69, 9.17) is 17.0 Å². The van der Waals surface area contributed by atoms with Crippen LogP contribution in [-0.2, 0) is 16.1 Å². The normalized spacial score (nSPS) is 19.8. The summed E-state index contributed by atoms with van der Waals surface area (Å²) in [6, 6.07) is 4.88. The second-order valence-electron chi connectivity index (χ2n) is 5.53. The Morgan fingerprint density at radius 2 is 2.04 bits per heavy atom. The van der Waals surface area contributed by atoms with Crippen molar-refractivity contribution in [2.45, 2.75) is 26.0 Å². The van der Waals surface area contributed by atoms with Crippen LogP contribution in [0.25, 0.3) is 0 Å². The largest absolute Gasteiger partial charge is 0.500 e. The van der Waals surface area contributed by atoms with E-state index >= 15 is 0 Å². The number of carbonyl (C=O) groups is 2. The number of ketones is 1. The SMILES string of the molecule is CC(=O)[C@@H]1C[C@@H](C(O)=S)N(C(=O)OCc2ccc([N+](=O)[O-])cc2)C1. The number of aliphatic hydroxyl groups excluding tert-OH is 1. The van der Waals surface area contributed by atoms with Crippen molar-refractivity contribution >= 4 is 34.8 Å². The Kier molecular flexibility index (Phi) is 5.45. The molecule has 0 unspecified atom stereocenters. The number of nitro benzene ring substituents is 1. The fourth-order valence-electron chi connectivity index (χ4n) is 2.51. The number of Topliss-reactive ketones (excluding diaryl/α,β-unsaturated/α-hetero) is 1. The van der Waals surface area contributed by atoms with Gasteiger partial charge in [-0.3, -0.25) is 19.8 Å². The number of aliphatic hydroxyl groups is 1. The van der Waals surface area contributed by atoms with E-state index in [2.05, 4.69) is 0 Å². The minimum atomic E-state index is -0.724. The molecule has 2 atom stereocenters. The highest BCUT2D eigenvalue weighted by Gasteiger charge is 2.40. The molecule has 0 aromatic heterocycles. The second kappa shape index (κ2) is 7.35. The Labute approximate surface area is 143 Å². The molecule has 1 aliphatic heterocycles. The van der Waals surface area contributed by atoms with Crippen molar-refractivity contribution in [1.29, 1.82) is 0 Å². The first-order valence-corrected chi connectivity index (χ1v) is 7.60. The van der Waals surface area contributed by atoms with Gasteiger partial charge in [0, 0.05) is 24.6 Å². The van der Waals surface area contributed by atoms with Crippen molar-refractivity contribution in [1.82, 2.24) is 4.90 Å². The van der Waals surface area contributed by atoms with Crippen LogP contribution in [0, 0.1) is 16.0 Å². The van der Waals surface area contributed by atoms with E-state index in [0.717, 1.165) is 0 Å². The number of non-ortho nitro benzene ring substituents is 1. The number of ether oxygens (including phenoxy) is 1. The van der Waals surface area contributed by atoms with Crippen LogP contribution in [0.1, 0.15) is 18.9 Å². The van der Waals surface area contributed by atoms with E-state index in [0.29, 0.717) is 5.56 Å². The van der Waals surface area contributed by atoms with Crippen molar-refractivity contribution in [2.24, 2.45) is 5.92 Å². The van der Waals surface area contributed by atoms with E-state index in [-0.39, 0.29) is 42.0 Å². The van der Waals surface area contributed by atoms with Crippen LogP contribution in [0.15, 0.2) is 24.3 Å². The van der Waals surface area contributed by atoms with Crippen LogP contribution >= 0.6 is 12.2 Å². The molecule has 0 aliphatic carbocycles. The maximum atomic E-state index is 12.2. The standard InChI is InChI=1S/C15H16N2O6S/c1-9(18)11-6-13(14(19)24)16(7-11)15(20)23-8-10-2-4-12(5-3-10)17(21)22/h2-5,11,13H,6-8H2,1H3,(H,19,24)/t11-,13+/m1/s1. The first-order valence-electron chi connectivity index (χ1n) is 7.19.